The fraction of sp³-hybridized carbons (Fsp3) is 0.125. The third-order valence-corrected chi connectivity index (χ3v) is 6.51. The minimum atomic E-state index is -1.43. The van der Waals surface area contributed by atoms with Gasteiger partial charge in [-0.15, -0.1) is 0 Å². The van der Waals surface area contributed by atoms with Crippen molar-refractivity contribution in [3.8, 4) is 0 Å². The van der Waals surface area contributed by atoms with Gasteiger partial charge in [-0.3, -0.25) is 14.4 Å². The number of hydrogen-bond donors (Lipinski definition) is 2. The molecular formula is C24H19Br2N3O3. The summed E-state index contributed by atoms with van der Waals surface area (Å²) >= 11 is 6.71. The normalized spacial score (nSPS) is 17.1. The van der Waals surface area contributed by atoms with E-state index in [1.165, 1.54) is 4.90 Å². The van der Waals surface area contributed by atoms with E-state index in [1.54, 1.807) is 61.6 Å². The van der Waals surface area contributed by atoms with Crippen molar-refractivity contribution in [2.45, 2.75) is 5.54 Å². The molecule has 3 aromatic carbocycles. The predicted octanol–water partition coefficient (Wildman–Crippen LogP) is 4.24. The third kappa shape index (κ3) is 4.08. The van der Waals surface area contributed by atoms with Gasteiger partial charge in [-0.25, -0.2) is 0 Å². The summed E-state index contributed by atoms with van der Waals surface area (Å²) in [6, 6.07) is 21.0. The Kier molecular flexibility index (Phi) is 6.17. The number of fused-ring (bicyclic) bond motifs is 1. The van der Waals surface area contributed by atoms with Gasteiger partial charge in [0.2, 0.25) is 0 Å². The summed E-state index contributed by atoms with van der Waals surface area (Å²) in [6.45, 7) is -0.0929. The average molecular weight is 557 g/mol. The third-order valence-electron chi connectivity index (χ3n) is 5.45. The van der Waals surface area contributed by atoms with Crippen LogP contribution in [0.25, 0.3) is 0 Å². The highest BCUT2D eigenvalue weighted by Gasteiger charge is 2.51. The lowest BCUT2D eigenvalue weighted by atomic mass is 9.90. The van der Waals surface area contributed by atoms with E-state index in [2.05, 4.69) is 42.5 Å². The molecule has 1 heterocycles. The second-order valence-electron chi connectivity index (χ2n) is 7.44. The molecule has 3 aromatic rings. The first-order valence-electron chi connectivity index (χ1n) is 9.81. The number of para-hydroxylation sites is 1. The summed E-state index contributed by atoms with van der Waals surface area (Å²) < 4.78 is 1.70. The molecule has 1 unspecified atom stereocenters. The molecule has 0 fully saturated rings. The zero-order chi connectivity index (χ0) is 22.9. The molecule has 1 aliphatic rings. The van der Waals surface area contributed by atoms with Gasteiger partial charge in [-0.2, -0.15) is 0 Å². The second kappa shape index (κ2) is 8.88. The molecule has 0 aliphatic carbocycles. The topological polar surface area (TPSA) is 78.5 Å². The van der Waals surface area contributed by atoms with Crippen molar-refractivity contribution in [1.29, 1.82) is 0 Å². The Morgan fingerprint density at radius 3 is 1.97 bits per heavy atom. The van der Waals surface area contributed by atoms with Crippen LogP contribution in [-0.4, -0.2) is 31.3 Å². The standard InChI is InChI=1S/C24H19Br2N3O3/c1-29-20-5-3-2-4-19(20)24(23(29)32,28-22(31)16-8-12-18(26)13-9-16)14-27-21(30)15-6-10-17(25)11-7-15/h2-13H,14H2,1H3,(H,27,30)(H,28,31). The number of carbonyl (C=O) groups excluding carboxylic acids is 3. The van der Waals surface area contributed by atoms with Crippen molar-refractivity contribution >= 4 is 55.3 Å². The van der Waals surface area contributed by atoms with E-state index in [-0.39, 0.29) is 18.4 Å². The number of anilines is 1. The largest absolute Gasteiger partial charge is 0.349 e. The Morgan fingerprint density at radius 1 is 0.844 bits per heavy atom. The fourth-order valence-electron chi connectivity index (χ4n) is 3.76. The van der Waals surface area contributed by atoms with Crippen LogP contribution in [0.5, 0.6) is 0 Å². The number of benzene rings is 3. The lowest BCUT2D eigenvalue weighted by Crippen LogP contribution is -2.58. The molecule has 1 aliphatic heterocycles. The highest BCUT2D eigenvalue weighted by molar-refractivity contribution is 9.10. The number of halogens is 2. The van der Waals surface area contributed by atoms with Crippen LogP contribution in [-0.2, 0) is 10.3 Å². The van der Waals surface area contributed by atoms with Crippen LogP contribution in [0.15, 0.2) is 81.7 Å². The first-order chi connectivity index (χ1) is 15.3. The first kappa shape index (κ1) is 22.2. The Morgan fingerprint density at radius 2 is 1.38 bits per heavy atom. The minimum Gasteiger partial charge on any atom is -0.349 e. The van der Waals surface area contributed by atoms with E-state index in [4.69, 9.17) is 0 Å². The summed E-state index contributed by atoms with van der Waals surface area (Å²) in [5.41, 5.74) is 0.752. The van der Waals surface area contributed by atoms with Crippen molar-refractivity contribution in [1.82, 2.24) is 10.6 Å². The van der Waals surface area contributed by atoms with Crippen LogP contribution in [0.1, 0.15) is 26.3 Å². The highest BCUT2D eigenvalue weighted by atomic mass is 79.9. The molecule has 0 aromatic heterocycles. The van der Waals surface area contributed by atoms with Gasteiger partial charge in [0.1, 0.15) is 0 Å². The zero-order valence-electron chi connectivity index (χ0n) is 17.1. The monoisotopic (exact) mass is 555 g/mol. The van der Waals surface area contributed by atoms with Crippen molar-refractivity contribution in [3.63, 3.8) is 0 Å². The molecule has 0 radical (unpaired) electrons. The number of rotatable bonds is 5. The molecule has 1 atom stereocenters. The maximum absolute atomic E-state index is 13.4. The van der Waals surface area contributed by atoms with Crippen LogP contribution < -0.4 is 15.5 Å². The Hall–Kier alpha value is -2.97. The summed E-state index contributed by atoms with van der Waals surface area (Å²) in [5.74, 6) is -1.07. The quantitative estimate of drug-likeness (QED) is 0.493. The highest BCUT2D eigenvalue weighted by Crippen LogP contribution is 2.39. The Balaban J connectivity index is 1.68. The van der Waals surface area contributed by atoms with Crippen molar-refractivity contribution < 1.29 is 14.4 Å². The SMILES string of the molecule is CN1C(=O)C(CNC(=O)c2ccc(Br)cc2)(NC(=O)c2ccc(Br)cc2)c2ccccc21. The van der Waals surface area contributed by atoms with E-state index in [1.807, 2.05) is 18.2 Å². The van der Waals surface area contributed by atoms with E-state index in [0.29, 0.717) is 22.4 Å². The molecular weight excluding hydrogens is 538 g/mol. The molecule has 32 heavy (non-hydrogen) atoms. The lowest BCUT2D eigenvalue weighted by Gasteiger charge is -2.30. The second-order valence-corrected chi connectivity index (χ2v) is 9.27. The van der Waals surface area contributed by atoms with E-state index in [9.17, 15) is 14.4 Å². The number of nitrogens with zero attached hydrogens (tertiary/aromatic N) is 1. The molecule has 6 nitrogen and oxygen atoms in total. The summed E-state index contributed by atoms with van der Waals surface area (Å²) in [6.07, 6.45) is 0. The summed E-state index contributed by atoms with van der Waals surface area (Å²) in [4.78, 5) is 40.8. The molecule has 0 bridgehead atoms. The fourth-order valence-corrected chi connectivity index (χ4v) is 4.29. The van der Waals surface area contributed by atoms with Crippen molar-refractivity contribution in [2.24, 2.45) is 0 Å². The van der Waals surface area contributed by atoms with E-state index < -0.39 is 11.4 Å². The molecule has 8 heteroatoms. The average Bonchev–Trinajstić information content (AvgIpc) is 3.01. The van der Waals surface area contributed by atoms with Gasteiger partial charge in [0.05, 0.1) is 6.54 Å². The molecule has 4 rings (SSSR count). The van der Waals surface area contributed by atoms with Crippen molar-refractivity contribution in [2.75, 3.05) is 18.5 Å². The van der Waals surface area contributed by atoms with Gasteiger partial charge in [0.25, 0.3) is 17.7 Å². The lowest BCUT2D eigenvalue weighted by molar-refractivity contribution is -0.123. The maximum Gasteiger partial charge on any atom is 0.259 e. The van der Waals surface area contributed by atoms with Gasteiger partial charge in [0.15, 0.2) is 5.54 Å². The van der Waals surface area contributed by atoms with Crippen LogP contribution in [0, 0.1) is 0 Å². The molecule has 162 valence electrons. The summed E-state index contributed by atoms with van der Waals surface area (Å²) in [7, 11) is 1.66. The van der Waals surface area contributed by atoms with Crippen LogP contribution in [0.2, 0.25) is 0 Å². The predicted molar refractivity (Wildman–Crippen MR) is 130 cm³/mol. The number of amides is 3. The maximum atomic E-state index is 13.4. The van der Waals surface area contributed by atoms with Gasteiger partial charge in [-0.05, 0) is 54.6 Å². The first-order valence-corrected chi connectivity index (χ1v) is 11.4. The van der Waals surface area contributed by atoms with Crippen LogP contribution >= 0.6 is 31.9 Å². The number of carbonyl (C=O) groups is 3. The zero-order valence-corrected chi connectivity index (χ0v) is 20.2. The number of nitrogens with one attached hydrogen (secondary N) is 2. The molecule has 0 spiro atoms. The van der Waals surface area contributed by atoms with Gasteiger partial charge >= 0.3 is 0 Å². The minimum absolute atomic E-state index is 0.0929. The van der Waals surface area contributed by atoms with Gasteiger partial charge in [-0.1, -0.05) is 50.1 Å². The molecule has 0 saturated heterocycles. The molecule has 2 N–H and O–H groups in total. The van der Waals surface area contributed by atoms with Gasteiger partial charge in [0, 0.05) is 38.4 Å². The summed E-state index contributed by atoms with van der Waals surface area (Å²) in [5, 5.41) is 5.75. The van der Waals surface area contributed by atoms with Gasteiger partial charge < -0.3 is 15.5 Å². The molecule has 0 saturated carbocycles. The van der Waals surface area contributed by atoms with Crippen molar-refractivity contribution in [3.05, 3.63) is 98.4 Å². The van der Waals surface area contributed by atoms with E-state index >= 15 is 0 Å². The Bertz CT molecular complexity index is 1200. The number of likely N-dealkylation sites (N-methyl/N-ethyl adjacent to an activating group) is 1. The Labute approximate surface area is 202 Å². The smallest absolute Gasteiger partial charge is 0.259 e. The van der Waals surface area contributed by atoms with E-state index in [0.717, 1.165) is 8.95 Å². The number of hydrogen-bond acceptors (Lipinski definition) is 3. The van der Waals surface area contributed by atoms with Crippen LogP contribution in [0.4, 0.5) is 5.69 Å². The molecule has 3 amide bonds. The van der Waals surface area contributed by atoms with Crippen LogP contribution in [0.3, 0.4) is 0 Å².